The van der Waals surface area contributed by atoms with Crippen molar-refractivity contribution in [3.05, 3.63) is 58.9 Å². The minimum Gasteiger partial charge on any atom is -0.508 e. The van der Waals surface area contributed by atoms with Gasteiger partial charge in [0.2, 0.25) is 0 Å². The Morgan fingerprint density at radius 1 is 1.15 bits per heavy atom. The molecule has 2 aromatic carbocycles. The van der Waals surface area contributed by atoms with Crippen molar-refractivity contribution in [1.82, 2.24) is 14.8 Å². The molecule has 0 atom stereocenters. The predicted octanol–water partition coefficient (Wildman–Crippen LogP) is 3.61. The number of aromatic hydroxyl groups is 1. The van der Waals surface area contributed by atoms with E-state index in [4.69, 9.17) is 12.2 Å². The minimum atomic E-state index is 0.272. The fourth-order valence-corrected chi connectivity index (χ4v) is 2.34. The lowest BCUT2D eigenvalue weighted by atomic mass is 10.1. The molecule has 0 amide bonds. The summed E-state index contributed by atoms with van der Waals surface area (Å²) in [6.45, 7) is 1.85. The van der Waals surface area contributed by atoms with Crippen LogP contribution in [0.5, 0.6) is 5.75 Å². The second-order valence-corrected chi connectivity index (χ2v) is 4.91. The van der Waals surface area contributed by atoms with Crippen molar-refractivity contribution in [2.24, 2.45) is 0 Å². The van der Waals surface area contributed by atoms with E-state index in [1.54, 1.807) is 6.07 Å². The smallest absolute Gasteiger partial charge is 0.200 e. The molecule has 0 aliphatic carbocycles. The zero-order valence-corrected chi connectivity index (χ0v) is 11.7. The Morgan fingerprint density at radius 2 is 1.90 bits per heavy atom. The van der Waals surface area contributed by atoms with Crippen molar-refractivity contribution < 1.29 is 5.11 Å². The normalized spacial score (nSPS) is 10.7. The van der Waals surface area contributed by atoms with Crippen molar-refractivity contribution >= 4 is 12.2 Å². The number of nitrogens with zero attached hydrogens (tertiary/aromatic N) is 2. The maximum atomic E-state index is 9.63. The summed E-state index contributed by atoms with van der Waals surface area (Å²) in [7, 11) is 0. The Labute approximate surface area is 121 Å². The van der Waals surface area contributed by atoms with Crippen molar-refractivity contribution in [2.75, 3.05) is 0 Å². The summed E-state index contributed by atoms with van der Waals surface area (Å²) >= 11 is 5.31. The Kier molecular flexibility index (Phi) is 3.12. The molecule has 3 rings (SSSR count). The van der Waals surface area contributed by atoms with Crippen molar-refractivity contribution in [3.8, 4) is 22.8 Å². The number of aromatic amines is 1. The molecule has 0 saturated carbocycles. The molecule has 1 aromatic heterocycles. The number of H-pyrrole nitrogens is 1. The van der Waals surface area contributed by atoms with Crippen LogP contribution < -0.4 is 0 Å². The molecule has 0 saturated heterocycles. The second-order valence-electron chi connectivity index (χ2n) is 4.52. The monoisotopic (exact) mass is 283 g/mol. The van der Waals surface area contributed by atoms with Crippen LogP contribution in [-0.2, 0) is 0 Å². The van der Waals surface area contributed by atoms with Gasteiger partial charge in [0.05, 0.1) is 0 Å². The maximum Gasteiger partial charge on any atom is 0.200 e. The number of aryl methyl sites for hydroxylation is 1. The van der Waals surface area contributed by atoms with Crippen LogP contribution in [0.4, 0.5) is 0 Å². The summed E-state index contributed by atoms with van der Waals surface area (Å²) < 4.78 is 2.41. The first-order chi connectivity index (χ1) is 9.66. The van der Waals surface area contributed by atoms with Crippen LogP contribution >= 0.6 is 12.2 Å². The number of rotatable bonds is 2. The first-order valence-electron chi connectivity index (χ1n) is 6.19. The lowest BCUT2D eigenvalue weighted by Gasteiger charge is -2.08. The molecular formula is C15H13N3OS. The minimum absolute atomic E-state index is 0.272. The van der Waals surface area contributed by atoms with Gasteiger partial charge in [0.15, 0.2) is 10.6 Å². The zero-order valence-electron chi connectivity index (χ0n) is 10.9. The van der Waals surface area contributed by atoms with E-state index >= 15 is 0 Å². The van der Waals surface area contributed by atoms with Crippen molar-refractivity contribution in [1.29, 1.82) is 0 Å². The summed E-state index contributed by atoms with van der Waals surface area (Å²) in [5.74, 6) is 0.999. The molecule has 100 valence electrons. The molecule has 0 unspecified atom stereocenters. The molecule has 1 heterocycles. The van der Waals surface area contributed by atoms with Gasteiger partial charge in [-0.3, -0.25) is 9.67 Å². The first-order valence-corrected chi connectivity index (χ1v) is 6.60. The highest BCUT2D eigenvalue weighted by molar-refractivity contribution is 7.71. The van der Waals surface area contributed by atoms with E-state index in [9.17, 15) is 5.11 Å². The van der Waals surface area contributed by atoms with E-state index in [-0.39, 0.29) is 5.75 Å². The van der Waals surface area contributed by atoms with Crippen LogP contribution in [-0.4, -0.2) is 19.9 Å². The molecule has 0 spiro atoms. The average molecular weight is 283 g/mol. The predicted molar refractivity (Wildman–Crippen MR) is 80.6 cm³/mol. The van der Waals surface area contributed by atoms with Gasteiger partial charge in [-0.2, -0.15) is 5.10 Å². The van der Waals surface area contributed by atoms with Crippen molar-refractivity contribution in [2.45, 2.75) is 6.92 Å². The topological polar surface area (TPSA) is 53.8 Å². The summed E-state index contributed by atoms with van der Waals surface area (Å²) in [6, 6.07) is 15.2. The van der Waals surface area contributed by atoms with Gasteiger partial charge in [0.25, 0.3) is 0 Å². The number of nitrogens with one attached hydrogen (secondary N) is 1. The lowest BCUT2D eigenvalue weighted by Crippen LogP contribution is -1.97. The van der Waals surface area contributed by atoms with E-state index in [1.165, 1.54) is 0 Å². The third-order valence-electron chi connectivity index (χ3n) is 3.14. The molecule has 0 aliphatic heterocycles. The SMILES string of the molecule is Cc1cc(-c2n[nH]c(=S)n2-c2ccccc2)ccc1O. The molecule has 4 nitrogen and oxygen atoms in total. The fourth-order valence-electron chi connectivity index (χ4n) is 2.10. The van der Waals surface area contributed by atoms with Crippen LogP contribution in [0.3, 0.4) is 0 Å². The molecule has 2 N–H and O–H groups in total. The van der Waals surface area contributed by atoms with Gasteiger partial charge in [-0.15, -0.1) is 0 Å². The standard InChI is InChI=1S/C15H13N3OS/c1-10-9-11(7-8-13(10)19)14-16-17-15(20)18(14)12-5-3-2-4-6-12/h2-9,19H,1H3,(H,17,20). The highest BCUT2D eigenvalue weighted by Gasteiger charge is 2.11. The van der Waals surface area contributed by atoms with E-state index < -0.39 is 0 Å². The summed E-state index contributed by atoms with van der Waals surface area (Å²) in [5, 5.41) is 16.7. The van der Waals surface area contributed by atoms with Gasteiger partial charge in [-0.1, -0.05) is 18.2 Å². The van der Waals surface area contributed by atoms with E-state index in [1.807, 2.05) is 54.0 Å². The van der Waals surface area contributed by atoms with Gasteiger partial charge in [-0.25, -0.2) is 0 Å². The summed E-state index contributed by atoms with van der Waals surface area (Å²) in [4.78, 5) is 0. The third kappa shape index (κ3) is 2.12. The fraction of sp³-hybridized carbons (Fsp3) is 0.0667. The van der Waals surface area contributed by atoms with E-state index in [2.05, 4.69) is 10.2 Å². The molecule has 20 heavy (non-hydrogen) atoms. The molecule has 3 aromatic rings. The number of hydrogen-bond donors (Lipinski definition) is 2. The Balaban J connectivity index is 2.21. The van der Waals surface area contributed by atoms with Crippen LogP contribution in [0.1, 0.15) is 5.56 Å². The highest BCUT2D eigenvalue weighted by atomic mass is 32.1. The van der Waals surface area contributed by atoms with Gasteiger partial charge < -0.3 is 5.11 Å². The molecule has 0 bridgehead atoms. The highest BCUT2D eigenvalue weighted by Crippen LogP contribution is 2.26. The number of benzene rings is 2. The maximum absolute atomic E-state index is 9.63. The Bertz CT molecular complexity index is 805. The zero-order chi connectivity index (χ0) is 14.1. The number of phenolic OH excluding ortho intramolecular Hbond substituents is 1. The molecular weight excluding hydrogens is 270 g/mol. The van der Waals surface area contributed by atoms with Crippen LogP contribution in [0.2, 0.25) is 0 Å². The molecule has 0 radical (unpaired) electrons. The molecule has 0 aliphatic rings. The Morgan fingerprint density at radius 3 is 2.60 bits per heavy atom. The van der Waals surface area contributed by atoms with Gasteiger partial charge in [0, 0.05) is 11.3 Å². The quantitative estimate of drug-likeness (QED) is 0.706. The first kappa shape index (κ1) is 12.6. The Hall–Kier alpha value is -2.40. The van der Waals surface area contributed by atoms with Gasteiger partial charge >= 0.3 is 0 Å². The second kappa shape index (κ2) is 4.94. The van der Waals surface area contributed by atoms with Crippen LogP contribution in [0.25, 0.3) is 17.1 Å². The molecule has 0 fully saturated rings. The van der Waals surface area contributed by atoms with Crippen molar-refractivity contribution in [3.63, 3.8) is 0 Å². The van der Waals surface area contributed by atoms with E-state index in [0.717, 1.165) is 22.6 Å². The van der Waals surface area contributed by atoms with E-state index in [0.29, 0.717) is 4.77 Å². The number of para-hydroxylation sites is 1. The van der Waals surface area contributed by atoms with Crippen LogP contribution in [0, 0.1) is 11.7 Å². The average Bonchev–Trinajstić information content (AvgIpc) is 2.85. The van der Waals surface area contributed by atoms with Crippen LogP contribution in [0.15, 0.2) is 48.5 Å². The number of phenols is 1. The van der Waals surface area contributed by atoms with Gasteiger partial charge in [0.1, 0.15) is 5.75 Å². The summed E-state index contributed by atoms with van der Waals surface area (Å²) in [5.41, 5.74) is 2.65. The largest absolute Gasteiger partial charge is 0.508 e. The number of hydrogen-bond acceptors (Lipinski definition) is 3. The number of aromatic nitrogens is 3. The molecule has 5 heteroatoms. The van der Waals surface area contributed by atoms with Gasteiger partial charge in [-0.05, 0) is 55.0 Å². The summed E-state index contributed by atoms with van der Waals surface area (Å²) in [6.07, 6.45) is 0. The third-order valence-corrected chi connectivity index (χ3v) is 3.42. The lowest BCUT2D eigenvalue weighted by molar-refractivity contribution is 0.471.